The second-order valence-corrected chi connectivity index (χ2v) is 38.9. The molecule has 0 saturated carbocycles. The molecular formula is C105H122N8S. The molecule has 114 heavy (non-hydrogen) atoms. The normalized spacial score (nSPS) is 12.2. The predicted octanol–water partition coefficient (Wildman–Crippen LogP) is 29.0. The van der Waals surface area contributed by atoms with Crippen LogP contribution in [0.2, 0.25) is 0 Å². The van der Waals surface area contributed by atoms with Crippen molar-refractivity contribution in [2.75, 3.05) is 0 Å². The molecule has 9 heteroatoms. The predicted molar refractivity (Wildman–Crippen MR) is 493 cm³/mol. The molecule has 5 aromatic heterocycles. The Kier molecular flexibility index (Phi) is 26.7. The SMILES string of the molecule is CC(C)(C)c1ccc2ccccc2c1.CC(C)(C)c1ccc2n[nH]nc2c1.CC(C)(C)c1ccc2ncccc2c1.CC(C)(C)c1cccc2c1Cc1ccccc1-2.CC(C)(C)c1cccc2ccccc12.CC(C)(C)c1cccc2ncccc12.CC(C)(C)c1cccc2nsnc12.Cc1ccc2cccc(C(C)(C)C)c2n1. The second-order valence-electron chi connectivity index (χ2n) is 38.3. The quantitative estimate of drug-likeness (QED) is 0.161. The number of fused-ring (bicyclic) bond motifs is 10. The molecule has 17 rings (SSSR count). The number of aromatic nitrogens is 8. The van der Waals surface area contributed by atoms with E-state index >= 15 is 0 Å². The van der Waals surface area contributed by atoms with Crippen molar-refractivity contribution in [3.8, 4) is 11.1 Å². The van der Waals surface area contributed by atoms with E-state index in [4.69, 9.17) is 0 Å². The molecule has 1 aliphatic carbocycles. The molecule has 0 aliphatic heterocycles. The first kappa shape index (κ1) is 85.8. The Labute approximate surface area is 685 Å². The van der Waals surface area contributed by atoms with Crippen molar-refractivity contribution in [2.45, 2.75) is 223 Å². The summed E-state index contributed by atoms with van der Waals surface area (Å²) in [4.78, 5) is 13.3. The Hall–Kier alpha value is -10.6. The number of nitrogens with one attached hydrogen (secondary N) is 1. The largest absolute Gasteiger partial charge is 0.256 e. The topological polar surface area (TPSA) is 106 Å². The third-order valence-electron chi connectivity index (χ3n) is 20.7. The van der Waals surface area contributed by atoms with E-state index in [2.05, 4.69) is 430 Å². The van der Waals surface area contributed by atoms with Gasteiger partial charge in [0.25, 0.3) is 0 Å². The lowest BCUT2D eigenvalue weighted by molar-refractivity contribution is 0.585. The number of aryl methyl sites for hydroxylation is 1. The van der Waals surface area contributed by atoms with Gasteiger partial charge in [0.15, 0.2) is 0 Å². The molecule has 5 heterocycles. The van der Waals surface area contributed by atoms with Crippen molar-refractivity contribution in [3.63, 3.8) is 0 Å². The zero-order valence-electron chi connectivity index (χ0n) is 72.6. The van der Waals surface area contributed by atoms with Crippen LogP contribution in [0.5, 0.6) is 0 Å². The van der Waals surface area contributed by atoms with Crippen LogP contribution in [0.1, 0.15) is 227 Å². The number of pyridine rings is 3. The van der Waals surface area contributed by atoms with Gasteiger partial charge in [-0.05, 0) is 200 Å². The maximum Gasteiger partial charge on any atom is 0.113 e. The molecule has 0 radical (unpaired) electrons. The van der Waals surface area contributed by atoms with Crippen LogP contribution in [-0.4, -0.2) is 39.1 Å². The van der Waals surface area contributed by atoms with Crippen molar-refractivity contribution in [2.24, 2.45) is 0 Å². The van der Waals surface area contributed by atoms with E-state index in [1.807, 2.05) is 49.6 Å². The molecule has 0 saturated heterocycles. The summed E-state index contributed by atoms with van der Waals surface area (Å²) in [6, 6.07) is 89.9. The van der Waals surface area contributed by atoms with Gasteiger partial charge in [0.2, 0.25) is 0 Å². The Bertz CT molecular complexity index is 5700. The van der Waals surface area contributed by atoms with E-state index < -0.39 is 0 Å². The van der Waals surface area contributed by atoms with Crippen LogP contribution in [0, 0.1) is 6.92 Å². The Morgan fingerprint density at radius 2 is 0.711 bits per heavy atom. The van der Waals surface area contributed by atoms with Gasteiger partial charge in [-0.3, -0.25) is 15.0 Å². The van der Waals surface area contributed by atoms with Gasteiger partial charge in [0.05, 0.1) is 28.3 Å². The highest BCUT2D eigenvalue weighted by molar-refractivity contribution is 7.00. The fourth-order valence-electron chi connectivity index (χ4n) is 14.3. The van der Waals surface area contributed by atoms with E-state index in [-0.39, 0.29) is 43.3 Å². The Morgan fingerprint density at radius 1 is 0.281 bits per heavy atom. The summed E-state index contributed by atoms with van der Waals surface area (Å²) in [5.41, 5.74) is 26.7. The fraction of sp³-hybridized carbons (Fsp3) is 0.324. The number of hydrogen-bond donors (Lipinski definition) is 1. The monoisotopic (exact) mass is 1530 g/mol. The summed E-state index contributed by atoms with van der Waals surface area (Å²) in [5, 5.41) is 19.8. The number of para-hydroxylation sites is 1. The number of nitrogens with zero attached hydrogens (tertiary/aromatic N) is 7. The lowest BCUT2D eigenvalue weighted by Gasteiger charge is -2.22. The highest BCUT2D eigenvalue weighted by atomic mass is 32.1. The van der Waals surface area contributed by atoms with Crippen molar-refractivity contribution in [1.29, 1.82) is 0 Å². The minimum absolute atomic E-state index is 0.148. The molecule has 0 amide bonds. The lowest BCUT2D eigenvalue weighted by atomic mass is 9.82. The average molecular weight is 1530 g/mol. The standard InChI is InChI=1S/C17H18.C14H17N.2C14H16.2C13H15N.C10H13N3.C10H12N2S/c1-17(2,3)16-10-6-9-14-13-8-5-4-7-12(13)11-15(14)16;1-10-8-9-11-6-5-7-12(13(11)15-10)14(2,3)4;1-14(2,3)13-10-6-8-11-7-4-5-9-12(11)13;1-14(2,3)13-9-8-11-6-4-5-7-12(11)10-13;1-13(2,3)11-7-4-8-12-10(11)6-5-9-14-12;1-13(2,3)11-6-7-12-10(9-11)5-4-8-14-12;1-10(2,3)7-4-5-8-9(6-7)12-13-11-8;1-10(2,3)7-5-4-6-8-9(7)12-13-11-8/h4-10H,11H2,1-3H3;5-9H,1-4H3;2*4-10H,1-3H3;2*4-9H,1-3H3;4-6H,1-3H3,(H,11,12,13);4-6H,1-3H3. The number of H-pyrrole nitrogens is 1. The summed E-state index contributed by atoms with van der Waals surface area (Å²) >= 11 is 1.28. The van der Waals surface area contributed by atoms with Crippen LogP contribution in [0.25, 0.3) is 87.4 Å². The second kappa shape index (κ2) is 35.4. The van der Waals surface area contributed by atoms with E-state index in [9.17, 15) is 0 Å². The van der Waals surface area contributed by atoms with Crippen LogP contribution in [0.3, 0.4) is 0 Å². The number of hydrogen-bond acceptors (Lipinski definition) is 8. The molecule has 11 aromatic carbocycles. The molecule has 0 fully saturated rings. The first-order chi connectivity index (χ1) is 53.5. The van der Waals surface area contributed by atoms with Crippen molar-refractivity contribution in [3.05, 3.63) is 329 Å². The Balaban J connectivity index is 0.000000138. The summed E-state index contributed by atoms with van der Waals surface area (Å²) in [6.07, 6.45) is 4.77. The van der Waals surface area contributed by atoms with E-state index in [0.717, 1.165) is 50.7 Å². The molecule has 0 unspecified atom stereocenters. The van der Waals surface area contributed by atoms with Gasteiger partial charge in [-0.1, -0.05) is 366 Å². The molecule has 16 aromatic rings. The average Bonchev–Trinajstić information content (AvgIpc) is 1.63. The van der Waals surface area contributed by atoms with Crippen LogP contribution < -0.4 is 0 Å². The zero-order chi connectivity index (χ0) is 82.8. The van der Waals surface area contributed by atoms with Gasteiger partial charge in [-0.15, -0.1) is 0 Å². The fourth-order valence-corrected chi connectivity index (χ4v) is 14.8. The summed E-state index contributed by atoms with van der Waals surface area (Å²) < 4.78 is 8.54. The Morgan fingerprint density at radius 3 is 1.34 bits per heavy atom. The lowest BCUT2D eigenvalue weighted by Crippen LogP contribution is -2.13. The van der Waals surface area contributed by atoms with Crippen molar-refractivity contribution in [1.82, 2.24) is 39.1 Å². The van der Waals surface area contributed by atoms with Crippen LogP contribution >= 0.6 is 11.7 Å². The third kappa shape index (κ3) is 22.2. The number of rotatable bonds is 0. The van der Waals surface area contributed by atoms with Gasteiger partial charge < -0.3 is 0 Å². The molecule has 8 nitrogen and oxygen atoms in total. The number of benzene rings is 11. The molecule has 588 valence electrons. The minimum Gasteiger partial charge on any atom is -0.256 e. The van der Waals surface area contributed by atoms with Crippen molar-refractivity contribution >= 4 is 88.0 Å². The van der Waals surface area contributed by atoms with Crippen molar-refractivity contribution < 1.29 is 0 Å². The molecule has 1 N–H and O–H groups in total. The van der Waals surface area contributed by atoms with Crippen LogP contribution in [0.15, 0.2) is 267 Å². The van der Waals surface area contributed by atoms with Crippen LogP contribution in [0.4, 0.5) is 0 Å². The van der Waals surface area contributed by atoms with Gasteiger partial charge >= 0.3 is 0 Å². The van der Waals surface area contributed by atoms with Gasteiger partial charge in [-0.25, -0.2) is 0 Å². The minimum atomic E-state index is 0.148. The molecular weight excluding hydrogens is 1410 g/mol. The van der Waals surface area contributed by atoms with Crippen LogP contribution in [-0.2, 0) is 49.7 Å². The first-order valence-electron chi connectivity index (χ1n) is 40.3. The highest BCUT2D eigenvalue weighted by Gasteiger charge is 2.27. The first-order valence-corrected chi connectivity index (χ1v) is 41.0. The van der Waals surface area contributed by atoms with E-state index in [1.165, 1.54) is 116 Å². The van der Waals surface area contributed by atoms with Gasteiger partial charge in [0.1, 0.15) is 22.1 Å². The smallest absolute Gasteiger partial charge is 0.113 e. The maximum absolute atomic E-state index is 4.64. The maximum atomic E-state index is 4.64. The molecule has 0 atom stereocenters. The zero-order valence-corrected chi connectivity index (χ0v) is 73.5. The summed E-state index contributed by atoms with van der Waals surface area (Å²) in [7, 11) is 0. The summed E-state index contributed by atoms with van der Waals surface area (Å²) in [6.45, 7) is 55.7. The highest BCUT2D eigenvalue weighted by Crippen LogP contribution is 2.42. The molecule has 1 aliphatic rings. The summed E-state index contributed by atoms with van der Waals surface area (Å²) in [5.74, 6) is 0. The number of aromatic amines is 1. The van der Waals surface area contributed by atoms with Gasteiger partial charge in [0, 0.05) is 34.2 Å². The molecule has 0 bridgehead atoms. The third-order valence-corrected chi connectivity index (χ3v) is 21.3. The van der Waals surface area contributed by atoms with E-state index in [0.29, 0.717) is 0 Å². The molecule has 0 spiro atoms. The van der Waals surface area contributed by atoms with Gasteiger partial charge in [-0.2, -0.15) is 24.2 Å². The van der Waals surface area contributed by atoms with E-state index in [1.54, 1.807) is 0 Å².